The standard InChI is InChI=1S/C23H24N4O4/c1-25-21(29)23(20(28)24-22(25)30)13-15-5-3-4-6-18(15)27-12-11-26(14-19(23)27)16-7-9-17(31-2)10-8-16/h3-10,19H,11-14H2,1-2H3,(H,24,28,30)/t19-,23+/m1/s1. The highest BCUT2D eigenvalue weighted by Gasteiger charge is 2.62. The van der Waals surface area contributed by atoms with Crippen molar-refractivity contribution in [2.75, 3.05) is 43.6 Å². The molecule has 2 aromatic rings. The molecule has 2 saturated heterocycles. The Morgan fingerprint density at radius 1 is 1.03 bits per heavy atom. The molecule has 8 heteroatoms. The highest BCUT2D eigenvalue weighted by atomic mass is 16.5. The number of carbonyl (C=O) groups excluding carboxylic acids is 3. The van der Waals surface area contributed by atoms with Crippen molar-refractivity contribution in [1.82, 2.24) is 10.2 Å². The zero-order valence-corrected chi connectivity index (χ0v) is 17.5. The van der Waals surface area contributed by atoms with Crippen molar-refractivity contribution >= 4 is 29.2 Å². The predicted octanol–water partition coefficient (Wildman–Crippen LogP) is 1.64. The molecule has 0 aromatic heterocycles. The van der Waals surface area contributed by atoms with Gasteiger partial charge in [0.1, 0.15) is 5.75 Å². The maximum atomic E-state index is 13.5. The number of anilines is 2. The predicted molar refractivity (Wildman–Crippen MR) is 115 cm³/mol. The first-order chi connectivity index (χ1) is 15.0. The van der Waals surface area contributed by atoms with Gasteiger partial charge in [-0.05, 0) is 42.3 Å². The molecule has 1 N–H and O–H groups in total. The van der Waals surface area contributed by atoms with E-state index in [2.05, 4.69) is 15.1 Å². The third-order valence-corrected chi connectivity index (χ3v) is 6.77. The van der Waals surface area contributed by atoms with Gasteiger partial charge in [-0.15, -0.1) is 0 Å². The second-order valence-electron chi connectivity index (χ2n) is 8.25. The number of ether oxygens (including phenoxy) is 1. The fraction of sp³-hybridized carbons (Fsp3) is 0.348. The summed E-state index contributed by atoms with van der Waals surface area (Å²) < 4.78 is 5.26. The number of fused-ring (bicyclic) bond motifs is 4. The number of hydrogen-bond acceptors (Lipinski definition) is 6. The Hall–Kier alpha value is -3.55. The molecule has 2 fully saturated rings. The number of imide groups is 2. The molecule has 1 spiro atoms. The number of urea groups is 1. The summed E-state index contributed by atoms with van der Waals surface area (Å²) >= 11 is 0. The average Bonchev–Trinajstić information content (AvgIpc) is 2.81. The maximum absolute atomic E-state index is 13.5. The van der Waals surface area contributed by atoms with Gasteiger partial charge in [-0.25, -0.2) is 4.79 Å². The van der Waals surface area contributed by atoms with E-state index in [1.165, 1.54) is 7.05 Å². The van der Waals surface area contributed by atoms with E-state index in [1.54, 1.807) is 7.11 Å². The van der Waals surface area contributed by atoms with E-state index in [1.807, 2.05) is 48.5 Å². The zero-order valence-electron chi connectivity index (χ0n) is 17.5. The number of hydrogen-bond donors (Lipinski definition) is 1. The van der Waals surface area contributed by atoms with Crippen LogP contribution in [0.3, 0.4) is 0 Å². The molecule has 2 atom stereocenters. The molecule has 2 aromatic carbocycles. The highest BCUT2D eigenvalue weighted by Crippen LogP contribution is 2.45. The summed E-state index contributed by atoms with van der Waals surface area (Å²) in [5, 5.41) is 2.42. The first-order valence-corrected chi connectivity index (χ1v) is 10.3. The Balaban J connectivity index is 1.59. The second kappa shape index (κ2) is 7.01. The van der Waals surface area contributed by atoms with Gasteiger partial charge in [0, 0.05) is 38.1 Å². The van der Waals surface area contributed by atoms with Crippen LogP contribution in [-0.4, -0.2) is 62.6 Å². The third-order valence-electron chi connectivity index (χ3n) is 6.77. The fourth-order valence-corrected chi connectivity index (χ4v) is 5.11. The van der Waals surface area contributed by atoms with Crippen LogP contribution in [0, 0.1) is 5.41 Å². The van der Waals surface area contributed by atoms with Crippen LogP contribution in [0.5, 0.6) is 5.75 Å². The molecule has 0 aliphatic carbocycles. The van der Waals surface area contributed by atoms with Crippen LogP contribution >= 0.6 is 0 Å². The Morgan fingerprint density at radius 2 is 1.77 bits per heavy atom. The molecular weight excluding hydrogens is 396 g/mol. The van der Waals surface area contributed by atoms with Crippen LogP contribution in [0.1, 0.15) is 5.56 Å². The largest absolute Gasteiger partial charge is 0.497 e. The number of amides is 4. The zero-order chi connectivity index (χ0) is 21.8. The third kappa shape index (κ3) is 2.78. The minimum atomic E-state index is -1.36. The van der Waals surface area contributed by atoms with Crippen molar-refractivity contribution in [3.05, 3.63) is 54.1 Å². The smallest absolute Gasteiger partial charge is 0.330 e. The summed E-state index contributed by atoms with van der Waals surface area (Å²) in [6, 6.07) is 14.6. The van der Waals surface area contributed by atoms with Crippen LogP contribution in [0.15, 0.2) is 48.5 Å². The Morgan fingerprint density at radius 3 is 2.52 bits per heavy atom. The van der Waals surface area contributed by atoms with E-state index in [0.29, 0.717) is 13.1 Å². The van der Waals surface area contributed by atoms with Gasteiger partial charge in [0.15, 0.2) is 5.41 Å². The lowest BCUT2D eigenvalue weighted by Gasteiger charge is -2.55. The minimum absolute atomic E-state index is 0.267. The van der Waals surface area contributed by atoms with Gasteiger partial charge in [-0.1, -0.05) is 18.2 Å². The number of barbiturate groups is 1. The lowest BCUT2D eigenvalue weighted by Crippen LogP contribution is -2.74. The van der Waals surface area contributed by atoms with Crippen molar-refractivity contribution < 1.29 is 19.1 Å². The Labute approximate surface area is 180 Å². The van der Waals surface area contributed by atoms with E-state index in [-0.39, 0.29) is 6.42 Å². The molecule has 5 rings (SSSR count). The van der Waals surface area contributed by atoms with Crippen molar-refractivity contribution in [2.45, 2.75) is 12.5 Å². The fourth-order valence-electron chi connectivity index (χ4n) is 5.11. The lowest BCUT2D eigenvalue weighted by molar-refractivity contribution is -0.152. The summed E-state index contributed by atoms with van der Waals surface area (Å²) in [5.74, 6) is -0.184. The van der Waals surface area contributed by atoms with Gasteiger partial charge in [0.05, 0.1) is 13.2 Å². The molecule has 160 valence electrons. The molecule has 8 nitrogen and oxygen atoms in total. The number of piperazine rings is 1. The Kier molecular flexibility index (Phi) is 4.39. The normalized spacial score (nSPS) is 25.3. The first-order valence-electron chi connectivity index (χ1n) is 10.3. The molecule has 3 heterocycles. The van der Waals surface area contributed by atoms with Crippen LogP contribution < -0.4 is 19.9 Å². The minimum Gasteiger partial charge on any atom is -0.497 e. The van der Waals surface area contributed by atoms with Gasteiger partial charge in [-0.3, -0.25) is 19.8 Å². The summed E-state index contributed by atoms with van der Waals surface area (Å²) in [6.07, 6.45) is 0.267. The lowest BCUT2D eigenvalue weighted by atomic mass is 9.67. The van der Waals surface area contributed by atoms with Crippen LogP contribution in [0.2, 0.25) is 0 Å². The number of para-hydroxylation sites is 1. The molecule has 3 aliphatic rings. The maximum Gasteiger partial charge on any atom is 0.330 e. The number of rotatable bonds is 2. The monoisotopic (exact) mass is 420 g/mol. The molecular formula is C23H24N4O4. The Bertz CT molecular complexity index is 1070. The summed E-state index contributed by atoms with van der Waals surface area (Å²) in [4.78, 5) is 44.3. The van der Waals surface area contributed by atoms with E-state index >= 15 is 0 Å². The van der Waals surface area contributed by atoms with Crippen molar-refractivity contribution in [2.24, 2.45) is 5.41 Å². The van der Waals surface area contributed by atoms with Gasteiger partial charge in [-0.2, -0.15) is 0 Å². The molecule has 3 aliphatic heterocycles. The summed E-state index contributed by atoms with van der Waals surface area (Å²) in [5.41, 5.74) is 1.64. The quantitative estimate of drug-likeness (QED) is 0.744. The van der Waals surface area contributed by atoms with Crippen molar-refractivity contribution in [3.63, 3.8) is 0 Å². The molecule has 4 amide bonds. The van der Waals surface area contributed by atoms with E-state index in [4.69, 9.17) is 4.74 Å². The van der Waals surface area contributed by atoms with Crippen LogP contribution in [0.25, 0.3) is 0 Å². The number of nitrogens with one attached hydrogen (secondary N) is 1. The molecule has 31 heavy (non-hydrogen) atoms. The average molecular weight is 420 g/mol. The topological polar surface area (TPSA) is 82.2 Å². The number of benzene rings is 2. The van der Waals surface area contributed by atoms with E-state index in [9.17, 15) is 14.4 Å². The first kappa shape index (κ1) is 19.4. The number of nitrogens with zero attached hydrogens (tertiary/aromatic N) is 3. The summed E-state index contributed by atoms with van der Waals surface area (Å²) in [7, 11) is 3.06. The van der Waals surface area contributed by atoms with Gasteiger partial charge >= 0.3 is 6.03 Å². The van der Waals surface area contributed by atoms with Crippen molar-refractivity contribution in [1.29, 1.82) is 0 Å². The molecule has 0 bridgehead atoms. The van der Waals surface area contributed by atoms with E-state index in [0.717, 1.165) is 34.1 Å². The van der Waals surface area contributed by atoms with Crippen molar-refractivity contribution in [3.8, 4) is 5.75 Å². The van der Waals surface area contributed by atoms with Crippen LogP contribution in [-0.2, 0) is 16.0 Å². The van der Waals surface area contributed by atoms with Crippen LogP contribution in [0.4, 0.5) is 16.2 Å². The van der Waals surface area contributed by atoms with Gasteiger partial charge < -0.3 is 14.5 Å². The molecule has 0 unspecified atom stereocenters. The number of carbonyl (C=O) groups is 3. The molecule has 0 radical (unpaired) electrons. The van der Waals surface area contributed by atoms with Gasteiger partial charge in [0.25, 0.3) is 0 Å². The summed E-state index contributed by atoms with van der Waals surface area (Å²) in [6.45, 7) is 1.90. The highest BCUT2D eigenvalue weighted by molar-refractivity contribution is 6.20. The second-order valence-corrected chi connectivity index (χ2v) is 8.25. The van der Waals surface area contributed by atoms with Gasteiger partial charge in [0.2, 0.25) is 11.8 Å². The number of methoxy groups -OCH3 is 1. The SMILES string of the molecule is COc1ccc(N2CCN3c4ccccc4C[C@@]4(C(=O)NC(=O)N(C)C4=O)[C@H]3C2)cc1. The molecule has 0 saturated carbocycles. The van der Waals surface area contributed by atoms with E-state index < -0.39 is 29.3 Å².